The molecule has 1 aliphatic carbocycles. The molecule has 0 unspecified atom stereocenters. The van der Waals surface area contributed by atoms with Crippen LogP contribution in [-0.2, 0) is 17.8 Å². The molecule has 1 aromatic heterocycles. The predicted molar refractivity (Wildman–Crippen MR) is 77.3 cm³/mol. The Kier molecular flexibility index (Phi) is 2.60. The van der Waals surface area contributed by atoms with Crippen LogP contribution in [0.15, 0.2) is 24.3 Å². The van der Waals surface area contributed by atoms with Gasteiger partial charge in [0.15, 0.2) is 0 Å². The summed E-state index contributed by atoms with van der Waals surface area (Å²) in [6, 6.07) is 8.87. The summed E-state index contributed by atoms with van der Waals surface area (Å²) in [5.41, 5.74) is 1.37. The van der Waals surface area contributed by atoms with Crippen molar-refractivity contribution >= 4 is 27.3 Å². The SMILES string of the molecule is O=C(NC1CC1)[C@H]1Cc2c(sc3ccccc23)CN1. The third kappa shape index (κ3) is 2.05. The lowest BCUT2D eigenvalue weighted by Gasteiger charge is -2.23. The molecule has 2 heterocycles. The van der Waals surface area contributed by atoms with E-state index in [1.54, 1.807) is 0 Å². The summed E-state index contributed by atoms with van der Waals surface area (Å²) < 4.78 is 1.33. The molecule has 1 saturated carbocycles. The molecule has 1 amide bonds. The van der Waals surface area contributed by atoms with E-state index in [2.05, 4.69) is 34.9 Å². The van der Waals surface area contributed by atoms with E-state index in [0.29, 0.717) is 6.04 Å². The number of amides is 1. The highest BCUT2D eigenvalue weighted by atomic mass is 32.1. The summed E-state index contributed by atoms with van der Waals surface area (Å²) in [5.74, 6) is 0.170. The number of carbonyl (C=O) groups excluding carboxylic acids is 1. The van der Waals surface area contributed by atoms with Gasteiger partial charge in [0.1, 0.15) is 0 Å². The van der Waals surface area contributed by atoms with Crippen molar-refractivity contribution in [3.63, 3.8) is 0 Å². The zero-order chi connectivity index (χ0) is 12.8. The molecular formula is C15H16N2OS. The van der Waals surface area contributed by atoms with Gasteiger partial charge in [-0.2, -0.15) is 0 Å². The van der Waals surface area contributed by atoms with Crippen molar-refractivity contribution in [3.8, 4) is 0 Å². The van der Waals surface area contributed by atoms with Gasteiger partial charge in [0.05, 0.1) is 6.04 Å². The quantitative estimate of drug-likeness (QED) is 0.880. The van der Waals surface area contributed by atoms with Crippen molar-refractivity contribution in [2.24, 2.45) is 0 Å². The third-order valence-corrected chi connectivity index (χ3v) is 5.15. The lowest BCUT2D eigenvalue weighted by molar-refractivity contribution is -0.123. The topological polar surface area (TPSA) is 41.1 Å². The van der Waals surface area contributed by atoms with Crippen LogP contribution >= 0.6 is 11.3 Å². The standard InChI is InChI=1S/C15H16N2OS/c18-15(17-9-5-6-9)12-7-11-10-3-1-2-4-13(10)19-14(11)8-16-12/h1-4,9,12,16H,5-8H2,(H,17,18)/t12-/m1/s1. The molecule has 19 heavy (non-hydrogen) atoms. The number of hydrogen-bond donors (Lipinski definition) is 2. The average Bonchev–Trinajstić information content (AvgIpc) is 3.17. The molecule has 1 aliphatic heterocycles. The highest BCUT2D eigenvalue weighted by Crippen LogP contribution is 2.34. The Bertz CT molecular complexity index is 645. The lowest BCUT2D eigenvalue weighted by Crippen LogP contribution is -2.47. The van der Waals surface area contributed by atoms with E-state index in [9.17, 15) is 4.79 Å². The van der Waals surface area contributed by atoms with Crippen LogP contribution in [0.4, 0.5) is 0 Å². The highest BCUT2D eigenvalue weighted by molar-refractivity contribution is 7.19. The minimum Gasteiger partial charge on any atom is -0.352 e. The van der Waals surface area contributed by atoms with Crippen molar-refractivity contribution in [3.05, 3.63) is 34.7 Å². The Labute approximate surface area is 116 Å². The van der Waals surface area contributed by atoms with Crippen molar-refractivity contribution < 1.29 is 4.79 Å². The molecule has 3 nitrogen and oxygen atoms in total. The molecule has 0 radical (unpaired) electrons. The van der Waals surface area contributed by atoms with Crippen LogP contribution in [0, 0.1) is 0 Å². The van der Waals surface area contributed by atoms with Crippen LogP contribution in [-0.4, -0.2) is 18.0 Å². The van der Waals surface area contributed by atoms with E-state index in [0.717, 1.165) is 25.8 Å². The summed E-state index contributed by atoms with van der Waals surface area (Å²) in [6.45, 7) is 0.817. The van der Waals surface area contributed by atoms with Gasteiger partial charge in [-0.1, -0.05) is 18.2 Å². The Hall–Kier alpha value is -1.39. The molecule has 2 N–H and O–H groups in total. The third-order valence-electron chi connectivity index (χ3n) is 3.94. The Morgan fingerprint density at radius 1 is 1.32 bits per heavy atom. The molecule has 2 aromatic rings. The second kappa shape index (κ2) is 4.32. The summed E-state index contributed by atoms with van der Waals surface area (Å²) in [5, 5.41) is 7.79. The molecule has 98 valence electrons. The summed E-state index contributed by atoms with van der Waals surface area (Å²) in [6.07, 6.45) is 3.11. The Morgan fingerprint density at radius 3 is 3.00 bits per heavy atom. The maximum atomic E-state index is 12.1. The predicted octanol–water partition coefficient (Wildman–Crippen LogP) is 2.19. The zero-order valence-corrected chi connectivity index (χ0v) is 11.4. The molecule has 0 saturated heterocycles. The molecular weight excluding hydrogens is 256 g/mol. The Morgan fingerprint density at radius 2 is 2.16 bits per heavy atom. The smallest absolute Gasteiger partial charge is 0.237 e. The average molecular weight is 272 g/mol. The first-order valence-electron chi connectivity index (χ1n) is 6.84. The first-order chi connectivity index (χ1) is 9.31. The molecule has 2 aliphatic rings. The fraction of sp³-hybridized carbons (Fsp3) is 0.400. The van der Waals surface area contributed by atoms with Crippen LogP contribution in [0.5, 0.6) is 0 Å². The van der Waals surface area contributed by atoms with E-state index < -0.39 is 0 Å². The van der Waals surface area contributed by atoms with Crippen LogP contribution in [0.25, 0.3) is 10.1 Å². The Balaban J connectivity index is 1.63. The molecule has 0 spiro atoms. The number of hydrogen-bond acceptors (Lipinski definition) is 3. The number of benzene rings is 1. The minimum absolute atomic E-state index is 0.0638. The number of nitrogens with one attached hydrogen (secondary N) is 2. The molecule has 4 rings (SSSR count). The van der Waals surface area contributed by atoms with E-state index in [1.807, 2.05) is 11.3 Å². The maximum absolute atomic E-state index is 12.1. The van der Waals surface area contributed by atoms with Crippen LogP contribution in [0.2, 0.25) is 0 Å². The van der Waals surface area contributed by atoms with Crippen LogP contribution < -0.4 is 10.6 Å². The van der Waals surface area contributed by atoms with E-state index in [1.165, 1.54) is 20.5 Å². The van der Waals surface area contributed by atoms with Gasteiger partial charge in [-0.15, -0.1) is 11.3 Å². The van der Waals surface area contributed by atoms with Crippen LogP contribution in [0.1, 0.15) is 23.3 Å². The van der Waals surface area contributed by atoms with Crippen molar-refractivity contribution in [1.82, 2.24) is 10.6 Å². The van der Waals surface area contributed by atoms with Crippen molar-refractivity contribution in [1.29, 1.82) is 0 Å². The largest absolute Gasteiger partial charge is 0.352 e. The number of fused-ring (bicyclic) bond motifs is 3. The zero-order valence-electron chi connectivity index (χ0n) is 10.6. The van der Waals surface area contributed by atoms with E-state index in [4.69, 9.17) is 0 Å². The maximum Gasteiger partial charge on any atom is 0.237 e. The van der Waals surface area contributed by atoms with Gasteiger partial charge < -0.3 is 10.6 Å². The number of carbonyl (C=O) groups is 1. The van der Waals surface area contributed by atoms with Gasteiger partial charge in [-0.3, -0.25) is 4.79 Å². The van der Waals surface area contributed by atoms with Gasteiger partial charge in [-0.25, -0.2) is 0 Å². The molecule has 1 aromatic carbocycles. The molecule has 0 bridgehead atoms. The summed E-state index contributed by atoms with van der Waals surface area (Å²) in [7, 11) is 0. The van der Waals surface area contributed by atoms with Gasteiger partial charge in [0, 0.05) is 22.2 Å². The summed E-state index contributed by atoms with van der Waals surface area (Å²) in [4.78, 5) is 13.5. The second-order valence-electron chi connectivity index (χ2n) is 5.42. The van der Waals surface area contributed by atoms with Gasteiger partial charge in [0.25, 0.3) is 0 Å². The molecule has 4 heteroatoms. The molecule has 1 fully saturated rings. The fourth-order valence-electron chi connectivity index (χ4n) is 2.72. The first kappa shape index (κ1) is 11.4. The monoisotopic (exact) mass is 272 g/mol. The van der Waals surface area contributed by atoms with Gasteiger partial charge in [0.2, 0.25) is 5.91 Å². The normalized spacial score (nSPS) is 22.2. The van der Waals surface area contributed by atoms with Gasteiger partial charge in [-0.05, 0) is 36.3 Å². The number of rotatable bonds is 2. The number of thiophene rings is 1. The van der Waals surface area contributed by atoms with Crippen LogP contribution in [0.3, 0.4) is 0 Å². The van der Waals surface area contributed by atoms with E-state index >= 15 is 0 Å². The first-order valence-corrected chi connectivity index (χ1v) is 7.66. The van der Waals surface area contributed by atoms with E-state index in [-0.39, 0.29) is 11.9 Å². The fourth-order valence-corrected chi connectivity index (χ4v) is 3.91. The van der Waals surface area contributed by atoms with Gasteiger partial charge >= 0.3 is 0 Å². The minimum atomic E-state index is -0.0638. The van der Waals surface area contributed by atoms with Crippen molar-refractivity contribution in [2.75, 3.05) is 0 Å². The van der Waals surface area contributed by atoms with Crippen molar-refractivity contribution in [2.45, 2.75) is 37.9 Å². The molecule has 1 atom stereocenters. The lowest BCUT2D eigenvalue weighted by atomic mass is 9.98. The summed E-state index contributed by atoms with van der Waals surface area (Å²) >= 11 is 1.85. The highest BCUT2D eigenvalue weighted by Gasteiger charge is 2.30. The second-order valence-corrected chi connectivity index (χ2v) is 6.56.